The van der Waals surface area contributed by atoms with E-state index in [9.17, 15) is 18.0 Å². The zero-order valence-corrected chi connectivity index (χ0v) is 24.2. The van der Waals surface area contributed by atoms with Crippen molar-refractivity contribution in [2.75, 3.05) is 10.8 Å². The van der Waals surface area contributed by atoms with E-state index in [4.69, 9.17) is 0 Å². The number of amides is 2. The summed E-state index contributed by atoms with van der Waals surface area (Å²) in [5, 5.41) is 2.99. The van der Waals surface area contributed by atoms with Crippen molar-refractivity contribution in [3.63, 3.8) is 0 Å². The number of rotatable bonds is 12. The van der Waals surface area contributed by atoms with Crippen molar-refractivity contribution < 1.29 is 18.0 Å². The van der Waals surface area contributed by atoms with Crippen LogP contribution in [-0.4, -0.2) is 43.8 Å². The molecule has 0 heterocycles. The smallest absolute Gasteiger partial charge is 0.264 e. The number of aryl methyl sites for hydroxylation is 2. The third-order valence-corrected chi connectivity index (χ3v) is 8.59. The molecule has 0 radical (unpaired) electrons. The van der Waals surface area contributed by atoms with Gasteiger partial charge in [0.05, 0.1) is 10.6 Å². The summed E-state index contributed by atoms with van der Waals surface area (Å²) >= 11 is 0. The number of carbonyl (C=O) groups excluding carboxylic acids is 2. The molecule has 0 fully saturated rings. The number of hydrogen-bond donors (Lipinski definition) is 1. The van der Waals surface area contributed by atoms with Gasteiger partial charge >= 0.3 is 0 Å². The Bertz CT molecular complexity index is 1360. The summed E-state index contributed by atoms with van der Waals surface area (Å²) in [5.74, 6) is -0.704. The lowest BCUT2D eigenvalue weighted by atomic mass is 10.1. The zero-order chi connectivity index (χ0) is 28.6. The van der Waals surface area contributed by atoms with Gasteiger partial charge in [0.15, 0.2) is 0 Å². The molecular weight excluding hydrogens is 510 g/mol. The molecule has 1 N–H and O–H groups in total. The van der Waals surface area contributed by atoms with Crippen molar-refractivity contribution in [2.45, 2.75) is 71.0 Å². The molecule has 39 heavy (non-hydrogen) atoms. The number of sulfonamides is 1. The quantitative estimate of drug-likeness (QED) is 0.336. The Kier molecular flexibility index (Phi) is 10.3. The summed E-state index contributed by atoms with van der Waals surface area (Å²) in [6, 6.07) is 22.2. The molecule has 3 aromatic carbocycles. The van der Waals surface area contributed by atoms with Crippen LogP contribution >= 0.6 is 0 Å². The van der Waals surface area contributed by atoms with E-state index in [1.54, 1.807) is 24.3 Å². The van der Waals surface area contributed by atoms with Crippen LogP contribution in [0, 0.1) is 13.8 Å². The minimum Gasteiger partial charge on any atom is -0.352 e. The first-order valence-corrected chi connectivity index (χ1v) is 14.8. The Morgan fingerprint density at radius 1 is 0.872 bits per heavy atom. The molecule has 3 rings (SSSR count). The second-order valence-corrected chi connectivity index (χ2v) is 11.7. The Morgan fingerprint density at radius 3 is 2.05 bits per heavy atom. The number of nitrogens with one attached hydrogen (secondary N) is 1. The molecule has 0 aliphatic heterocycles. The van der Waals surface area contributed by atoms with E-state index in [1.807, 2.05) is 77.1 Å². The largest absolute Gasteiger partial charge is 0.352 e. The van der Waals surface area contributed by atoms with Crippen LogP contribution in [0.25, 0.3) is 0 Å². The molecule has 3 aromatic rings. The molecule has 2 amide bonds. The summed E-state index contributed by atoms with van der Waals surface area (Å²) in [5.41, 5.74) is 3.00. The van der Waals surface area contributed by atoms with Gasteiger partial charge in [-0.25, -0.2) is 8.42 Å². The van der Waals surface area contributed by atoms with Gasteiger partial charge in [0.1, 0.15) is 12.6 Å². The van der Waals surface area contributed by atoms with E-state index in [-0.39, 0.29) is 23.4 Å². The maximum Gasteiger partial charge on any atom is 0.264 e. The maximum absolute atomic E-state index is 14.1. The summed E-state index contributed by atoms with van der Waals surface area (Å²) in [7, 11) is -4.08. The molecule has 0 aliphatic carbocycles. The zero-order valence-electron chi connectivity index (χ0n) is 23.4. The standard InChI is InChI=1S/C31H39N3O4S/c1-6-25(5)32-31(36)28(7-2)33(21-26-14-10-8-11-15-26)30(35)22-34(29-19-18-23(3)20-24(29)4)39(37,38)27-16-12-9-13-17-27/h8-20,25,28H,6-7,21-22H2,1-5H3,(H,32,36)/t25-,28-/m1/s1. The van der Waals surface area contributed by atoms with E-state index < -0.39 is 28.5 Å². The van der Waals surface area contributed by atoms with E-state index >= 15 is 0 Å². The van der Waals surface area contributed by atoms with Crippen molar-refractivity contribution in [1.82, 2.24) is 10.2 Å². The van der Waals surface area contributed by atoms with Crippen LogP contribution in [0.5, 0.6) is 0 Å². The fourth-order valence-electron chi connectivity index (χ4n) is 4.46. The van der Waals surface area contributed by atoms with Gasteiger partial charge in [0.25, 0.3) is 10.0 Å². The molecule has 0 aromatic heterocycles. The van der Waals surface area contributed by atoms with Gasteiger partial charge in [-0.1, -0.05) is 80.1 Å². The van der Waals surface area contributed by atoms with Gasteiger partial charge in [-0.2, -0.15) is 0 Å². The van der Waals surface area contributed by atoms with Crippen molar-refractivity contribution in [3.8, 4) is 0 Å². The minimum absolute atomic E-state index is 0.0506. The molecule has 0 bridgehead atoms. The fourth-order valence-corrected chi connectivity index (χ4v) is 5.96. The lowest BCUT2D eigenvalue weighted by Gasteiger charge is -2.34. The van der Waals surface area contributed by atoms with Crippen LogP contribution in [0.1, 0.15) is 50.3 Å². The molecule has 0 unspecified atom stereocenters. The summed E-state index contributed by atoms with van der Waals surface area (Å²) in [6.07, 6.45) is 1.14. The van der Waals surface area contributed by atoms with Crippen LogP contribution < -0.4 is 9.62 Å². The molecule has 2 atom stereocenters. The number of hydrogen-bond acceptors (Lipinski definition) is 4. The Morgan fingerprint density at radius 2 is 1.49 bits per heavy atom. The lowest BCUT2D eigenvalue weighted by molar-refractivity contribution is -0.140. The highest BCUT2D eigenvalue weighted by molar-refractivity contribution is 7.92. The summed E-state index contributed by atoms with van der Waals surface area (Å²) < 4.78 is 29.0. The predicted molar refractivity (Wildman–Crippen MR) is 156 cm³/mol. The molecule has 0 aliphatic rings. The highest BCUT2D eigenvalue weighted by Gasteiger charge is 2.34. The van der Waals surface area contributed by atoms with E-state index in [1.165, 1.54) is 17.0 Å². The highest BCUT2D eigenvalue weighted by Crippen LogP contribution is 2.28. The van der Waals surface area contributed by atoms with Gasteiger partial charge in [0.2, 0.25) is 11.8 Å². The topological polar surface area (TPSA) is 86.8 Å². The van der Waals surface area contributed by atoms with E-state index in [0.29, 0.717) is 12.1 Å². The first-order chi connectivity index (χ1) is 18.6. The lowest BCUT2D eigenvalue weighted by Crippen LogP contribution is -2.53. The third kappa shape index (κ3) is 7.47. The molecule has 208 valence electrons. The SMILES string of the molecule is CC[C@@H](C)NC(=O)[C@@H](CC)N(Cc1ccccc1)C(=O)CN(c1ccc(C)cc1C)S(=O)(=O)c1ccccc1. The molecule has 0 saturated carbocycles. The normalized spacial score (nSPS) is 12.8. The average molecular weight is 550 g/mol. The van der Waals surface area contributed by atoms with Crippen molar-refractivity contribution >= 4 is 27.5 Å². The van der Waals surface area contributed by atoms with Crippen molar-refractivity contribution in [2.24, 2.45) is 0 Å². The van der Waals surface area contributed by atoms with Crippen LogP contribution in [0.4, 0.5) is 5.69 Å². The molecule has 0 spiro atoms. The van der Waals surface area contributed by atoms with Gasteiger partial charge in [-0.15, -0.1) is 0 Å². The van der Waals surface area contributed by atoms with Crippen LogP contribution in [0.15, 0.2) is 83.8 Å². The second kappa shape index (κ2) is 13.4. The van der Waals surface area contributed by atoms with Crippen molar-refractivity contribution in [3.05, 3.63) is 95.6 Å². The van der Waals surface area contributed by atoms with E-state index in [2.05, 4.69) is 5.32 Å². The number of carbonyl (C=O) groups is 2. The molecule has 8 heteroatoms. The van der Waals surface area contributed by atoms with Crippen LogP contribution in [-0.2, 0) is 26.2 Å². The van der Waals surface area contributed by atoms with Crippen LogP contribution in [0.2, 0.25) is 0 Å². The van der Waals surface area contributed by atoms with Crippen molar-refractivity contribution in [1.29, 1.82) is 0 Å². The Labute approximate surface area is 232 Å². The Balaban J connectivity index is 2.07. The fraction of sp³-hybridized carbons (Fsp3) is 0.355. The Hall–Kier alpha value is -3.65. The first-order valence-electron chi connectivity index (χ1n) is 13.4. The molecule has 0 saturated heterocycles. The predicted octanol–water partition coefficient (Wildman–Crippen LogP) is 5.22. The van der Waals surface area contributed by atoms with Gasteiger partial charge in [0, 0.05) is 12.6 Å². The average Bonchev–Trinajstić information content (AvgIpc) is 2.92. The van der Waals surface area contributed by atoms with E-state index in [0.717, 1.165) is 27.4 Å². The second-order valence-electron chi connectivity index (χ2n) is 9.86. The molecular formula is C31H39N3O4S. The number of anilines is 1. The van der Waals surface area contributed by atoms with Gasteiger partial charge in [-0.3, -0.25) is 13.9 Å². The minimum atomic E-state index is -4.08. The number of nitrogens with zero attached hydrogens (tertiary/aromatic N) is 2. The monoisotopic (exact) mass is 549 g/mol. The molecule has 7 nitrogen and oxygen atoms in total. The summed E-state index contributed by atoms with van der Waals surface area (Å²) in [4.78, 5) is 29.0. The van der Waals surface area contributed by atoms with Gasteiger partial charge < -0.3 is 10.2 Å². The van der Waals surface area contributed by atoms with Crippen LogP contribution in [0.3, 0.4) is 0 Å². The number of benzene rings is 3. The maximum atomic E-state index is 14.1. The van der Waals surface area contributed by atoms with Gasteiger partial charge in [-0.05, 0) is 62.9 Å². The summed E-state index contributed by atoms with van der Waals surface area (Å²) in [6.45, 7) is 9.25. The third-order valence-electron chi connectivity index (χ3n) is 6.81. The highest BCUT2D eigenvalue weighted by atomic mass is 32.2. The first kappa shape index (κ1) is 29.9.